The molecule has 150 valence electrons. The molecule has 2 atom stereocenters. The molecule has 1 aliphatic carbocycles. The Balaban J connectivity index is 1.30. The van der Waals surface area contributed by atoms with Crippen LogP contribution in [0.5, 0.6) is 0 Å². The summed E-state index contributed by atoms with van der Waals surface area (Å²) in [6.45, 7) is 1.49. The molecule has 1 saturated carbocycles. The molecule has 1 aromatic carbocycles. The largest absolute Gasteiger partial charge is 0.392 e. The first-order chi connectivity index (χ1) is 13.6. The average molecular weight is 404 g/mol. The van der Waals surface area contributed by atoms with Crippen molar-refractivity contribution in [3.8, 4) is 11.4 Å². The van der Waals surface area contributed by atoms with Crippen molar-refractivity contribution in [2.45, 2.75) is 57.5 Å². The van der Waals surface area contributed by atoms with E-state index in [0.29, 0.717) is 42.5 Å². The first-order valence-electron chi connectivity index (χ1n) is 10.1. The number of nitrogens with zero attached hydrogens (tertiary/aromatic N) is 3. The van der Waals surface area contributed by atoms with Crippen LogP contribution < -0.4 is 0 Å². The molecule has 1 saturated heterocycles. The van der Waals surface area contributed by atoms with Crippen LogP contribution in [-0.4, -0.2) is 45.2 Å². The molecule has 2 heterocycles. The van der Waals surface area contributed by atoms with Gasteiger partial charge in [0, 0.05) is 36.9 Å². The minimum Gasteiger partial charge on any atom is -0.392 e. The summed E-state index contributed by atoms with van der Waals surface area (Å²) in [7, 11) is 0. The Morgan fingerprint density at radius 2 is 2.14 bits per heavy atom. The summed E-state index contributed by atoms with van der Waals surface area (Å²) in [6, 6.07) is 7.37. The van der Waals surface area contributed by atoms with Crippen molar-refractivity contribution >= 4 is 17.5 Å². The van der Waals surface area contributed by atoms with Crippen molar-refractivity contribution in [1.29, 1.82) is 0 Å². The molecule has 0 bridgehead atoms. The zero-order valence-electron chi connectivity index (χ0n) is 15.9. The van der Waals surface area contributed by atoms with E-state index in [9.17, 15) is 9.90 Å². The SMILES string of the molecule is O=C(CCCc1nc(-c2ccccc2Cl)no1)N1CCC[C@@]2(CCC[C@H]2O)C1. The molecule has 1 spiro atoms. The van der Waals surface area contributed by atoms with Crippen LogP contribution in [0.3, 0.4) is 0 Å². The predicted molar refractivity (Wildman–Crippen MR) is 106 cm³/mol. The third-order valence-corrected chi connectivity index (χ3v) is 6.51. The highest BCUT2D eigenvalue weighted by molar-refractivity contribution is 6.33. The maximum absolute atomic E-state index is 12.7. The number of hydrogen-bond acceptors (Lipinski definition) is 5. The van der Waals surface area contributed by atoms with Crippen LogP contribution >= 0.6 is 11.6 Å². The number of benzene rings is 1. The summed E-state index contributed by atoms with van der Waals surface area (Å²) >= 11 is 6.17. The average Bonchev–Trinajstić information content (AvgIpc) is 3.30. The Kier molecular flexibility index (Phi) is 5.69. The third kappa shape index (κ3) is 3.94. The van der Waals surface area contributed by atoms with Crippen LogP contribution in [0.2, 0.25) is 5.02 Å². The predicted octanol–water partition coefficient (Wildman–Crippen LogP) is 3.87. The highest BCUT2D eigenvalue weighted by Gasteiger charge is 2.45. The Morgan fingerprint density at radius 3 is 2.93 bits per heavy atom. The molecule has 7 heteroatoms. The summed E-state index contributed by atoms with van der Waals surface area (Å²) in [5.41, 5.74) is 0.675. The molecule has 2 aliphatic rings. The maximum atomic E-state index is 12.7. The van der Waals surface area contributed by atoms with Gasteiger partial charge in [-0.2, -0.15) is 4.98 Å². The van der Waals surface area contributed by atoms with E-state index in [0.717, 1.165) is 44.2 Å². The number of aryl methyl sites for hydroxylation is 1. The first kappa shape index (κ1) is 19.4. The smallest absolute Gasteiger partial charge is 0.226 e. The summed E-state index contributed by atoms with van der Waals surface area (Å²) in [5.74, 6) is 1.15. The van der Waals surface area contributed by atoms with Gasteiger partial charge >= 0.3 is 0 Å². The molecule has 28 heavy (non-hydrogen) atoms. The lowest BCUT2D eigenvalue weighted by Gasteiger charge is -2.42. The van der Waals surface area contributed by atoms with Gasteiger partial charge in [-0.15, -0.1) is 0 Å². The molecule has 2 fully saturated rings. The van der Waals surface area contributed by atoms with Crippen molar-refractivity contribution in [2.75, 3.05) is 13.1 Å². The summed E-state index contributed by atoms with van der Waals surface area (Å²) in [5, 5.41) is 14.9. The first-order valence-corrected chi connectivity index (χ1v) is 10.5. The van der Waals surface area contributed by atoms with E-state index < -0.39 is 0 Å². The lowest BCUT2D eigenvalue weighted by Crippen LogP contribution is -2.49. The number of carbonyl (C=O) groups is 1. The number of aromatic nitrogens is 2. The van der Waals surface area contributed by atoms with E-state index in [1.807, 2.05) is 23.1 Å². The summed E-state index contributed by atoms with van der Waals surface area (Å²) in [4.78, 5) is 19.0. The molecule has 6 nitrogen and oxygen atoms in total. The second-order valence-electron chi connectivity index (χ2n) is 8.03. The highest BCUT2D eigenvalue weighted by atomic mass is 35.5. The lowest BCUT2D eigenvalue weighted by atomic mass is 9.76. The second kappa shape index (κ2) is 8.21. The van der Waals surface area contributed by atoms with E-state index in [4.69, 9.17) is 16.1 Å². The molecule has 0 unspecified atom stereocenters. The number of hydrogen-bond donors (Lipinski definition) is 1. The number of halogens is 1. The van der Waals surface area contributed by atoms with E-state index in [1.54, 1.807) is 6.07 Å². The monoisotopic (exact) mass is 403 g/mol. The molecule has 1 amide bonds. The van der Waals surface area contributed by atoms with Crippen LogP contribution in [0.25, 0.3) is 11.4 Å². The molecule has 4 rings (SSSR count). The molecule has 1 aromatic heterocycles. The standard InChI is InChI=1S/C21H26ClN3O3/c22-16-7-2-1-6-15(16)20-23-18(28-24-20)9-3-10-19(27)25-13-5-12-21(14-25)11-4-8-17(21)26/h1-2,6-7,17,26H,3-5,8-14H2/t17-,21+/m1/s1. The normalized spacial score (nSPS) is 24.8. The Hall–Kier alpha value is -1.92. The number of aliphatic hydroxyl groups excluding tert-OH is 1. The quantitative estimate of drug-likeness (QED) is 0.819. The van der Waals surface area contributed by atoms with Crippen LogP contribution in [0.1, 0.15) is 50.8 Å². The maximum Gasteiger partial charge on any atom is 0.226 e. The van der Waals surface area contributed by atoms with Gasteiger partial charge in [-0.25, -0.2) is 0 Å². The number of piperidine rings is 1. The minimum absolute atomic E-state index is 0.0652. The fraction of sp³-hybridized carbons (Fsp3) is 0.571. The molecule has 2 aromatic rings. The number of likely N-dealkylation sites (tertiary alicyclic amines) is 1. The van der Waals surface area contributed by atoms with Crippen molar-refractivity contribution in [2.24, 2.45) is 5.41 Å². The van der Waals surface area contributed by atoms with Gasteiger partial charge in [0.05, 0.1) is 11.1 Å². The molecule has 0 radical (unpaired) electrons. The summed E-state index contributed by atoms with van der Waals surface area (Å²) in [6.07, 6.45) is 6.39. The zero-order chi connectivity index (χ0) is 19.6. The zero-order valence-corrected chi connectivity index (χ0v) is 16.7. The van der Waals surface area contributed by atoms with Crippen LogP contribution in [0.4, 0.5) is 0 Å². The van der Waals surface area contributed by atoms with Crippen molar-refractivity contribution in [3.05, 3.63) is 35.2 Å². The minimum atomic E-state index is -0.260. The van der Waals surface area contributed by atoms with Crippen molar-refractivity contribution in [3.63, 3.8) is 0 Å². The second-order valence-corrected chi connectivity index (χ2v) is 8.44. The molecule has 1 aliphatic heterocycles. The number of aliphatic hydroxyl groups is 1. The van der Waals surface area contributed by atoms with Crippen LogP contribution in [-0.2, 0) is 11.2 Å². The van der Waals surface area contributed by atoms with Gasteiger partial charge in [0.15, 0.2) is 0 Å². The van der Waals surface area contributed by atoms with Gasteiger partial charge in [-0.3, -0.25) is 4.79 Å². The van der Waals surface area contributed by atoms with E-state index in [1.165, 1.54) is 0 Å². The van der Waals surface area contributed by atoms with Gasteiger partial charge in [-0.05, 0) is 44.2 Å². The van der Waals surface area contributed by atoms with Gasteiger partial charge in [0.25, 0.3) is 0 Å². The van der Waals surface area contributed by atoms with E-state index in [2.05, 4.69) is 10.1 Å². The summed E-state index contributed by atoms with van der Waals surface area (Å²) < 4.78 is 5.31. The number of amides is 1. The topological polar surface area (TPSA) is 79.5 Å². The van der Waals surface area contributed by atoms with Crippen molar-refractivity contribution < 1.29 is 14.4 Å². The van der Waals surface area contributed by atoms with Crippen LogP contribution in [0, 0.1) is 5.41 Å². The molecule has 1 N–H and O–H groups in total. The Bertz CT molecular complexity index is 840. The Labute approximate surface area is 169 Å². The third-order valence-electron chi connectivity index (χ3n) is 6.18. The van der Waals surface area contributed by atoms with Crippen molar-refractivity contribution in [1.82, 2.24) is 15.0 Å². The fourth-order valence-electron chi connectivity index (χ4n) is 4.63. The fourth-order valence-corrected chi connectivity index (χ4v) is 4.85. The van der Waals surface area contributed by atoms with Crippen LogP contribution in [0.15, 0.2) is 28.8 Å². The highest BCUT2D eigenvalue weighted by Crippen LogP contribution is 2.45. The van der Waals surface area contributed by atoms with Gasteiger partial charge < -0.3 is 14.5 Å². The lowest BCUT2D eigenvalue weighted by molar-refractivity contribution is -0.136. The Morgan fingerprint density at radius 1 is 1.32 bits per heavy atom. The van der Waals surface area contributed by atoms with Gasteiger partial charge in [0.1, 0.15) is 0 Å². The van der Waals surface area contributed by atoms with E-state index >= 15 is 0 Å². The molecular formula is C21H26ClN3O3. The number of carbonyl (C=O) groups excluding carboxylic acids is 1. The van der Waals surface area contributed by atoms with Gasteiger partial charge in [0.2, 0.25) is 17.6 Å². The van der Waals surface area contributed by atoms with E-state index in [-0.39, 0.29) is 17.4 Å². The number of rotatable bonds is 5. The molecular weight excluding hydrogens is 378 g/mol. The van der Waals surface area contributed by atoms with Gasteiger partial charge in [-0.1, -0.05) is 35.3 Å².